The molecule has 0 saturated heterocycles. The molecule has 1 atom stereocenters. The summed E-state index contributed by atoms with van der Waals surface area (Å²) >= 11 is 7.83. The second kappa shape index (κ2) is 11.6. The molecule has 196 valence electrons. The summed E-state index contributed by atoms with van der Waals surface area (Å²) < 4.78 is 12.6. The van der Waals surface area contributed by atoms with Crippen molar-refractivity contribution in [1.29, 1.82) is 0 Å². The van der Waals surface area contributed by atoms with Gasteiger partial charge < -0.3 is 9.47 Å². The van der Waals surface area contributed by atoms with Gasteiger partial charge in [-0.1, -0.05) is 30.7 Å². The Balaban J connectivity index is 1.90. The van der Waals surface area contributed by atoms with Gasteiger partial charge in [0.2, 0.25) is 5.54 Å². The lowest BCUT2D eigenvalue weighted by molar-refractivity contribution is -0.150. The third kappa shape index (κ3) is 5.33. The molecule has 3 aromatic rings. The number of ether oxygens (including phenoxy) is 2. The lowest BCUT2D eigenvalue weighted by Gasteiger charge is -2.27. The summed E-state index contributed by atoms with van der Waals surface area (Å²) in [7, 11) is 0. The van der Waals surface area contributed by atoms with Gasteiger partial charge in [-0.3, -0.25) is 14.4 Å². The highest BCUT2D eigenvalue weighted by molar-refractivity contribution is 7.15. The molecular formula is C27H31ClN4O4S. The first-order valence-corrected chi connectivity index (χ1v) is 13.8. The summed E-state index contributed by atoms with van der Waals surface area (Å²) in [5, 5.41) is 10.4. The molecular weight excluding hydrogens is 512 g/mol. The lowest BCUT2D eigenvalue weighted by Crippen LogP contribution is -2.39. The van der Waals surface area contributed by atoms with Crippen molar-refractivity contribution in [1.82, 2.24) is 14.8 Å². The average molecular weight is 543 g/mol. The smallest absolute Gasteiger partial charge is 0.342 e. The van der Waals surface area contributed by atoms with Crippen LogP contribution in [0, 0.1) is 6.92 Å². The van der Waals surface area contributed by atoms with E-state index in [2.05, 4.69) is 23.2 Å². The topological polar surface area (TPSA) is 95.7 Å². The highest BCUT2D eigenvalue weighted by Crippen LogP contribution is 2.42. The zero-order chi connectivity index (χ0) is 26.6. The van der Waals surface area contributed by atoms with Gasteiger partial charge in [0.25, 0.3) is 0 Å². The van der Waals surface area contributed by atoms with Crippen LogP contribution in [0.5, 0.6) is 0 Å². The molecule has 0 amide bonds. The van der Waals surface area contributed by atoms with Gasteiger partial charge in [0.15, 0.2) is 5.82 Å². The van der Waals surface area contributed by atoms with E-state index in [1.54, 1.807) is 25.2 Å². The molecule has 0 saturated carbocycles. The van der Waals surface area contributed by atoms with E-state index in [1.807, 2.05) is 35.8 Å². The summed E-state index contributed by atoms with van der Waals surface area (Å²) in [6, 6.07) is 9.56. The van der Waals surface area contributed by atoms with Crippen molar-refractivity contribution in [3.63, 3.8) is 0 Å². The third-order valence-electron chi connectivity index (χ3n) is 6.27. The molecule has 37 heavy (non-hydrogen) atoms. The van der Waals surface area contributed by atoms with E-state index in [0.717, 1.165) is 22.5 Å². The number of hydrogen-bond acceptors (Lipinski definition) is 8. The summed E-state index contributed by atoms with van der Waals surface area (Å²) in [6.07, 6.45) is 2.50. The Bertz CT molecular complexity index is 1310. The zero-order valence-corrected chi connectivity index (χ0v) is 23.1. The number of carbonyl (C=O) groups is 2. The molecule has 1 unspecified atom stereocenters. The predicted molar refractivity (Wildman–Crippen MR) is 144 cm³/mol. The van der Waals surface area contributed by atoms with Crippen LogP contribution in [0.3, 0.4) is 0 Å². The van der Waals surface area contributed by atoms with Crippen LogP contribution in [0.4, 0.5) is 0 Å². The van der Waals surface area contributed by atoms with E-state index in [9.17, 15) is 9.59 Å². The fourth-order valence-electron chi connectivity index (χ4n) is 4.48. The molecule has 10 heteroatoms. The molecule has 0 N–H and O–H groups in total. The average Bonchev–Trinajstić information content (AvgIpc) is 3.45. The summed E-state index contributed by atoms with van der Waals surface area (Å²) in [5.74, 6) is 0.340. The molecule has 8 nitrogen and oxygen atoms in total. The van der Waals surface area contributed by atoms with Crippen LogP contribution in [0.15, 0.2) is 35.3 Å². The first kappa shape index (κ1) is 27.0. The van der Waals surface area contributed by atoms with E-state index < -0.39 is 11.5 Å². The lowest BCUT2D eigenvalue weighted by atomic mass is 9.90. The monoisotopic (exact) mass is 542 g/mol. The SMILES string of the molecule is CCOC(=O)CCCCC1(C(=O)OCC)N=C(c2ccc(Cl)cc2)c2cc(CC)sc2-n2c(C)nnc21. The minimum absolute atomic E-state index is 0.199. The highest BCUT2D eigenvalue weighted by Gasteiger charge is 2.49. The number of hydrogen-bond donors (Lipinski definition) is 0. The van der Waals surface area contributed by atoms with Crippen molar-refractivity contribution in [3.05, 3.63) is 63.0 Å². The Morgan fingerprint density at radius 3 is 2.46 bits per heavy atom. The Morgan fingerprint density at radius 2 is 1.78 bits per heavy atom. The number of aryl methyl sites for hydroxylation is 2. The highest BCUT2D eigenvalue weighted by atomic mass is 35.5. The maximum absolute atomic E-state index is 13.8. The van der Waals surface area contributed by atoms with E-state index in [4.69, 9.17) is 26.1 Å². The van der Waals surface area contributed by atoms with Gasteiger partial charge in [0, 0.05) is 27.4 Å². The molecule has 2 aromatic heterocycles. The van der Waals surface area contributed by atoms with E-state index >= 15 is 0 Å². The zero-order valence-electron chi connectivity index (χ0n) is 21.5. The summed E-state index contributed by atoms with van der Waals surface area (Å²) in [4.78, 5) is 32.1. The number of benzene rings is 1. The van der Waals surface area contributed by atoms with Crippen molar-refractivity contribution in [2.45, 2.75) is 65.3 Å². The molecule has 1 aliphatic heterocycles. The van der Waals surface area contributed by atoms with Crippen molar-refractivity contribution >= 4 is 40.6 Å². The number of esters is 2. The molecule has 1 aromatic carbocycles. The van der Waals surface area contributed by atoms with Gasteiger partial charge in [-0.15, -0.1) is 21.5 Å². The predicted octanol–water partition coefficient (Wildman–Crippen LogP) is 5.59. The summed E-state index contributed by atoms with van der Waals surface area (Å²) in [6.45, 7) is 8.07. The maximum Gasteiger partial charge on any atom is 0.342 e. The van der Waals surface area contributed by atoms with Crippen LogP contribution in [-0.2, 0) is 31.0 Å². The van der Waals surface area contributed by atoms with E-state index in [1.165, 1.54) is 4.88 Å². The maximum atomic E-state index is 13.8. The number of thiophene rings is 1. The number of carbonyl (C=O) groups excluding carboxylic acids is 2. The van der Waals surface area contributed by atoms with Gasteiger partial charge in [-0.2, -0.15) is 0 Å². The second-order valence-corrected chi connectivity index (χ2v) is 10.3. The van der Waals surface area contributed by atoms with Gasteiger partial charge in [0.1, 0.15) is 10.8 Å². The molecule has 3 heterocycles. The van der Waals surface area contributed by atoms with Crippen LogP contribution in [-0.4, -0.2) is 45.6 Å². The van der Waals surface area contributed by atoms with Crippen LogP contribution < -0.4 is 0 Å². The van der Waals surface area contributed by atoms with Crippen LogP contribution in [0.1, 0.15) is 74.1 Å². The van der Waals surface area contributed by atoms with Crippen molar-refractivity contribution in [2.24, 2.45) is 4.99 Å². The van der Waals surface area contributed by atoms with Crippen LogP contribution in [0.25, 0.3) is 5.00 Å². The fraction of sp³-hybridized carbons (Fsp3) is 0.444. The number of fused-ring (bicyclic) bond motifs is 3. The van der Waals surface area contributed by atoms with Crippen molar-refractivity contribution in [2.75, 3.05) is 13.2 Å². The van der Waals surface area contributed by atoms with Crippen LogP contribution in [0.2, 0.25) is 5.02 Å². The van der Waals surface area contributed by atoms with Crippen LogP contribution >= 0.6 is 22.9 Å². The van der Waals surface area contributed by atoms with Gasteiger partial charge >= 0.3 is 11.9 Å². The third-order valence-corrected chi connectivity index (χ3v) is 7.79. The Morgan fingerprint density at radius 1 is 1.05 bits per heavy atom. The van der Waals surface area contributed by atoms with Gasteiger partial charge in [-0.25, -0.2) is 4.79 Å². The number of halogens is 1. The van der Waals surface area contributed by atoms with E-state index in [-0.39, 0.29) is 19.0 Å². The standard InChI is InChI=1S/C27H31ClN4O4S/c1-5-20-16-21-23(18-11-13-19(28)14-12-18)29-27(26(34)36-7-3,15-9-8-10-22(33)35-6-2)25-31-30-17(4)32(25)24(21)37-20/h11-14,16H,5-10,15H2,1-4H3. The first-order chi connectivity index (χ1) is 17.8. The number of rotatable bonds is 10. The molecule has 0 aliphatic carbocycles. The largest absolute Gasteiger partial charge is 0.466 e. The Labute approximate surface area is 225 Å². The minimum atomic E-state index is -1.44. The Kier molecular flexibility index (Phi) is 8.44. The fourth-order valence-corrected chi connectivity index (χ4v) is 5.75. The Hall–Kier alpha value is -3.04. The number of aromatic nitrogens is 3. The number of unbranched alkanes of at least 4 members (excludes halogenated alkanes) is 1. The number of nitrogens with zero attached hydrogens (tertiary/aromatic N) is 4. The molecule has 0 spiro atoms. The molecule has 1 aliphatic rings. The quantitative estimate of drug-likeness (QED) is 0.245. The normalized spacial score (nSPS) is 16.4. The summed E-state index contributed by atoms with van der Waals surface area (Å²) in [5.41, 5.74) is 0.978. The first-order valence-electron chi connectivity index (χ1n) is 12.6. The van der Waals surface area contributed by atoms with Gasteiger partial charge in [0.05, 0.1) is 18.9 Å². The van der Waals surface area contributed by atoms with Crippen molar-refractivity contribution < 1.29 is 19.1 Å². The molecule has 4 rings (SSSR count). The second-order valence-electron chi connectivity index (χ2n) is 8.75. The molecule has 0 fully saturated rings. The molecule has 0 bridgehead atoms. The van der Waals surface area contributed by atoms with E-state index in [0.29, 0.717) is 48.3 Å². The number of aliphatic imine (C=N–C) groups is 1. The van der Waals surface area contributed by atoms with Crippen molar-refractivity contribution in [3.8, 4) is 5.00 Å². The molecule has 0 radical (unpaired) electrons. The minimum Gasteiger partial charge on any atom is -0.466 e. The van der Waals surface area contributed by atoms with Gasteiger partial charge in [-0.05, 0) is 64.7 Å².